The van der Waals surface area contributed by atoms with Crippen molar-refractivity contribution in [2.45, 2.75) is 6.42 Å². The fourth-order valence-electron chi connectivity index (χ4n) is 0.945. The minimum atomic E-state index is 0.459. The number of benzene rings is 1. The summed E-state index contributed by atoms with van der Waals surface area (Å²) in [6.45, 7) is 0. The first kappa shape index (κ1) is 9.68. The number of alkyl halides is 1. The van der Waals surface area contributed by atoms with Crippen LogP contribution in [0, 0.1) is 0 Å². The molecular weight excluding hydrogens is 234 g/mol. The lowest BCUT2D eigenvalue weighted by atomic mass is 10.1. The van der Waals surface area contributed by atoms with Gasteiger partial charge in [0.15, 0.2) is 0 Å². The molecule has 0 amide bonds. The summed E-state index contributed by atoms with van der Waals surface area (Å²) in [6, 6.07) is 8.02. The molecule has 0 aromatic heterocycles. The van der Waals surface area contributed by atoms with E-state index < -0.39 is 0 Å². The van der Waals surface area contributed by atoms with E-state index in [0.717, 1.165) is 17.3 Å². The quantitative estimate of drug-likeness (QED) is 0.652. The maximum absolute atomic E-state index is 5.46. The van der Waals surface area contributed by atoms with Crippen molar-refractivity contribution in [3.05, 3.63) is 35.4 Å². The molecule has 0 unspecified atom stereocenters. The normalized spacial score (nSPS) is 9.75. The van der Waals surface area contributed by atoms with Crippen molar-refractivity contribution in [1.29, 1.82) is 0 Å². The second-order valence-corrected chi connectivity index (χ2v) is 3.73. The maximum Gasteiger partial charge on any atom is 0.103 e. The van der Waals surface area contributed by atoms with Crippen molar-refractivity contribution in [2.75, 3.05) is 5.33 Å². The van der Waals surface area contributed by atoms with Crippen LogP contribution in [0.15, 0.2) is 24.3 Å². The number of nitrogens with two attached hydrogens (primary N) is 1. The Kier molecular flexibility index (Phi) is 3.69. The fourth-order valence-corrected chi connectivity index (χ4v) is 1.54. The number of aryl methyl sites for hydroxylation is 1. The second-order valence-electron chi connectivity index (χ2n) is 2.50. The molecule has 0 saturated heterocycles. The highest BCUT2D eigenvalue weighted by molar-refractivity contribution is 9.09. The molecule has 1 aromatic carbocycles. The van der Waals surface area contributed by atoms with Crippen molar-refractivity contribution in [3.63, 3.8) is 0 Å². The maximum atomic E-state index is 5.46. The molecule has 0 aliphatic rings. The van der Waals surface area contributed by atoms with Gasteiger partial charge in [-0.25, -0.2) is 0 Å². The van der Waals surface area contributed by atoms with Crippen molar-refractivity contribution in [1.82, 2.24) is 0 Å². The first-order valence-corrected chi connectivity index (χ1v) is 5.21. The Morgan fingerprint density at radius 3 is 2.33 bits per heavy atom. The SMILES string of the molecule is NC(=S)c1ccc(CCBr)cc1. The predicted molar refractivity (Wildman–Crippen MR) is 59.8 cm³/mol. The summed E-state index contributed by atoms with van der Waals surface area (Å²) in [6.07, 6.45) is 1.04. The minimum Gasteiger partial charge on any atom is -0.389 e. The summed E-state index contributed by atoms with van der Waals surface area (Å²) in [7, 11) is 0. The molecule has 3 heteroatoms. The fraction of sp³-hybridized carbons (Fsp3) is 0.222. The lowest BCUT2D eigenvalue weighted by Gasteiger charge is -2.00. The van der Waals surface area contributed by atoms with E-state index >= 15 is 0 Å². The van der Waals surface area contributed by atoms with E-state index in [9.17, 15) is 0 Å². The highest BCUT2D eigenvalue weighted by Gasteiger charge is 1.95. The number of halogens is 1. The van der Waals surface area contributed by atoms with Crippen LogP contribution in [0.5, 0.6) is 0 Å². The van der Waals surface area contributed by atoms with Crippen molar-refractivity contribution < 1.29 is 0 Å². The van der Waals surface area contributed by atoms with E-state index in [2.05, 4.69) is 28.1 Å². The number of rotatable bonds is 3. The van der Waals surface area contributed by atoms with Gasteiger partial charge in [-0.05, 0) is 12.0 Å². The molecule has 0 spiro atoms. The number of hydrogen-bond acceptors (Lipinski definition) is 1. The summed E-state index contributed by atoms with van der Waals surface area (Å²) in [5, 5.41) is 0.986. The zero-order valence-corrected chi connectivity index (χ0v) is 8.99. The third-order valence-corrected chi connectivity index (χ3v) is 2.25. The third-order valence-electron chi connectivity index (χ3n) is 1.62. The summed E-state index contributed by atoms with van der Waals surface area (Å²) < 4.78 is 0. The van der Waals surface area contributed by atoms with E-state index in [1.165, 1.54) is 5.56 Å². The molecule has 0 heterocycles. The van der Waals surface area contributed by atoms with E-state index in [1.54, 1.807) is 0 Å². The Balaban J connectivity index is 2.78. The molecule has 0 radical (unpaired) electrons. The van der Waals surface area contributed by atoms with Gasteiger partial charge in [-0.1, -0.05) is 52.4 Å². The highest BCUT2D eigenvalue weighted by Crippen LogP contribution is 2.05. The lowest BCUT2D eigenvalue weighted by Crippen LogP contribution is -2.08. The van der Waals surface area contributed by atoms with Crippen molar-refractivity contribution >= 4 is 33.1 Å². The largest absolute Gasteiger partial charge is 0.389 e. The summed E-state index contributed by atoms with van der Waals surface area (Å²) in [4.78, 5) is 0.459. The third kappa shape index (κ3) is 2.57. The molecule has 0 aliphatic carbocycles. The number of hydrogen-bond donors (Lipinski definition) is 1. The van der Waals surface area contributed by atoms with Gasteiger partial charge in [0.25, 0.3) is 0 Å². The Morgan fingerprint density at radius 1 is 1.33 bits per heavy atom. The van der Waals surface area contributed by atoms with E-state index in [0.29, 0.717) is 4.99 Å². The van der Waals surface area contributed by atoms with Gasteiger partial charge in [0.1, 0.15) is 4.99 Å². The number of thiocarbonyl (C=S) groups is 1. The van der Waals surface area contributed by atoms with Crippen LogP contribution < -0.4 is 5.73 Å². The summed E-state index contributed by atoms with van der Waals surface area (Å²) in [5.74, 6) is 0. The van der Waals surface area contributed by atoms with Crippen LogP contribution in [0.2, 0.25) is 0 Å². The molecule has 0 fully saturated rings. The topological polar surface area (TPSA) is 26.0 Å². The van der Waals surface area contributed by atoms with E-state index in [4.69, 9.17) is 18.0 Å². The van der Waals surface area contributed by atoms with Crippen LogP contribution >= 0.6 is 28.1 Å². The summed E-state index contributed by atoms with van der Waals surface area (Å²) >= 11 is 8.22. The van der Waals surface area contributed by atoms with E-state index in [-0.39, 0.29) is 0 Å². The molecule has 2 N–H and O–H groups in total. The van der Waals surface area contributed by atoms with Crippen molar-refractivity contribution in [2.24, 2.45) is 5.73 Å². The Hall–Kier alpha value is -0.410. The van der Waals surface area contributed by atoms with Crippen LogP contribution in [0.4, 0.5) is 0 Å². The average Bonchev–Trinajstić information content (AvgIpc) is 2.06. The molecule has 1 nitrogen and oxygen atoms in total. The standard InChI is InChI=1S/C9H10BrNS/c10-6-5-7-1-3-8(4-2-7)9(11)12/h1-4H,5-6H2,(H2,11,12). The van der Waals surface area contributed by atoms with Crippen LogP contribution in [0.1, 0.15) is 11.1 Å². The van der Waals surface area contributed by atoms with Crippen LogP contribution in [0.3, 0.4) is 0 Å². The molecule has 1 aromatic rings. The molecule has 0 aliphatic heterocycles. The molecule has 0 saturated carbocycles. The summed E-state index contributed by atoms with van der Waals surface area (Å²) in [5.41, 5.74) is 7.69. The Morgan fingerprint density at radius 2 is 1.92 bits per heavy atom. The van der Waals surface area contributed by atoms with E-state index in [1.807, 2.05) is 12.1 Å². The first-order valence-electron chi connectivity index (χ1n) is 3.68. The zero-order chi connectivity index (χ0) is 8.97. The smallest absolute Gasteiger partial charge is 0.103 e. The van der Waals surface area contributed by atoms with Gasteiger partial charge in [-0.3, -0.25) is 0 Å². The molecular formula is C9H10BrNS. The molecule has 64 valence electrons. The predicted octanol–water partition coefficient (Wildman–Crippen LogP) is 2.26. The molecule has 12 heavy (non-hydrogen) atoms. The Bertz CT molecular complexity index is 268. The van der Waals surface area contributed by atoms with Crippen LogP contribution in [-0.4, -0.2) is 10.3 Å². The average molecular weight is 244 g/mol. The highest BCUT2D eigenvalue weighted by atomic mass is 79.9. The van der Waals surface area contributed by atoms with Crippen LogP contribution in [0.25, 0.3) is 0 Å². The Labute approximate surface area is 86.1 Å². The zero-order valence-electron chi connectivity index (χ0n) is 6.59. The molecule has 1 rings (SSSR count). The molecule has 0 bridgehead atoms. The van der Waals surface area contributed by atoms with Gasteiger partial charge >= 0.3 is 0 Å². The second kappa shape index (κ2) is 4.58. The van der Waals surface area contributed by atoms with Gasteiger partial charge in [-0.15, -0.1) is 0 Å². The monoisotopic (exact) mass is 243 g/mol. The van der Waals surface area contributed by atoms with Gasteiger partial charge in [0, 0.05) is 10.9 Å². The minimum absolute atomic E-state index is 0.459. The van der Waals surface area contributed by atoms with Crippen molar-refractivity contribution in [3.8, 4) is 0 Å². The van der Waals surface area contributed by atoms with Gasteiger partial charge in [-0.2, -0.15) is 0 Å². The van der Waals surface area contributed by atoms with Crippen LogP contribution in [-0.2, 0) is 6.42 Å². The molecule has 0 atom stereocenters. The van der Waals surface area contributed by atoms with Gasteiger partial charge in [0.05, 0.1) is 0 Å². The van der Waals surface area contributed by atoms with Gasteiger partial charge < -0.3 is 5.73 Å². The van der Waals surface area contributed by atoms with Gasteiger partial charge in [0.2, 0.25) is 0 Å². The first-order chi connectivity index (χ1) is 5.74. The lowest BCUT2D eigenvalue weighted by molar-refractivity contribution is 1.17.